The van der Waals surface area contributed by atoms with E-state index in [1.54, 1.807) is 21.3 Å². The molecule has 0 bridgehead atoms. The first-order valence-electron chi connectivity index (χ1n) is 11.3. The Kier molecular flexibility index (Phi) is 7.84. The number of methoxy groups -OCH3 is 3. The van der Waals surface area contributed by atoms with Crippen molar-refractivity contribution >= 4 is 0 Å². The number of benzene rings is 2. The first-order chi connectivity index (χ1) is 15.0. The van der Waals surface area contributed by atoms with Gasteiger partial charge in [0.25, 0.3) is 0 Å². The Morgan fingerprint density at radius 1 is 0.968 bits per heavy atom. The Labute approximate surface area is 187 Å². The SMILES string of the molecule is CC[C@]1(C)C[C@](CC[NH2+]Cc2ccc(OC)c(OC)c2)(c2ccccc2OC)CCO1. The summed E-state index contributed by atoms with van der Waals surface area (Å²) in [7, 11) is 5.12. The van der Waals surface area contributed by atoms with E-state index in [-0.39, 0.29) is 11.0 Å². The molecule has 0 saturated carbocycles. The largest absolute Gasteiger partial charge is 0.496 e. The summed E-state index contributed by atoms with van der Waals surface area (Å²) in [5.41, 5.74) is 2.51. The van der Waals surface area contributed by atoms with Crippen molar-refractivity contribution in [3.63, 3.8) is 0 Å². The van der Waals surface area contributed by atoms with Crippen molar-refractivity contribution in [2.45, 2.75) is 57.1 Å². The zero-order valence-corrected chi connectivity index (χ0v) is 19.7. The lowest BCUT2D eigenvalue weighted by Gasteiger charge is -2.46. The van der Waals surface area contributed by atoms with Gasteiger partial charge in [-0.25, -0.2) is 0 Å². The molecule has 2 N–H and O–H groups in total. The molecule has 1 fully saturated rings. The highest BCUT2D eigenvalue weighted by Crippen LogP contribution is 2.47. The van der Waals surface area contributed by atoms with Crippen molar-refractivity contribution in [2.24, 2.45) is 0 Å². The minimum Gasteiger partial charge on any atom is -0.496 e. The van der Waals surface area contributed by atoms with Crippen LogP contribution in [0.15, 0.2) is 42.5 Å². The van der Waals surface area contributed by atoms with Gasteiger partial charge in [0.1, 0.15) is 12.3 Å². The summed E-state index contributed by atoms with van der Waals surface area (Å²) in [5.74, 6) is 2.53. The summed E-state index contributed by atoms with van der Waals surface area (Å²) in [6.07, 6.45) is 4.13. The van der Waals surface area contributed by atoms with Crippen LogP contribution >= 0.6 is 0 Å². The van der Waals surface area contributed by atoms with Gasteiger partial charge in [-0.15, -0.1) is 0 Å². The molecule has 0 unspecified atom stereocenters. The van der Waals surface area contributed by atoms with E-state index in [1.165, 1.54) is 11.1 Å². The molecule has 5 heteroatoms. The fraction of sp³-hybridized carbons (Fsp3) is 0.538. The number of hydrogen-bond acceptors (Lipinski definition) is 4. The van der Waals surface area contributed by atoms with E-state index in [9.17, 15) is 0 Å². The Morgan fingerprint density at radius 2 is 1.71 bits per heavy atom. The van der Waals surface area contributed by atoms with E-state index >= 15 is 0 Å². The molecule has 3 rings (SSSR count). The third-order valence-corrected chi connectivity index (χ3v) is 6.82. The maximum atomic E-state index is 6.21. The molecule has 170 valence electrons. The lowest BCUT2D eigenvalue weighted by Crippen LogP contribution is -2.83. The van der Waals surface area contributed by atoms with E-state index in [2.05, 4.69) is 55.6 Å². The number of ether oxygens (including phenoxy) is 4. The second kappa shape index (κ2) is 10.4. The van der Waals surface area contributed by atoms with Crippen molar-refractivity contribution in [3.05, 3.63) is 53.6 Å². The standard InChI is InChI=1S/C26H37NO4/c1-6-25(2)19-26(14-16-31-25,21-9-7-8-10-22(21)28-3)13-15-27-18-20-11-12-23(29-4)24(17-20)30-5/h7-12,17,27H,6,13-16,18-19H2,1-5H3/p+1/t25-,26-/m1/s1. The summed E-state index contributed by atoms with van der Waals surface area (Å²) >= 11 is 0. The zero-order chi connectivity index (χ0) is 22.3. The molecule has 2 aromatic carbocycles. The lowest BCUT2D eigenvalue weighted by atomic mass is 9.66. The van der Waals surface area contributed by atoms with E-state index in [1.807, 2.05) is 6.07 Å². The molecule has 2 aromatic rings. The lowest BCUT2D eigenvalue weighted by molar-refractivity contribution is -0.672. The van der Waals surface area contributed by atoms with Crippen molar-refractivity contribution in [1.29, 1.82) is 0 Å². The maximum Gasteiger partial charge on any atom is 0.161 e. The van der Waals surface area contributed by atoms with Gasteiger partial charge < -0.3 is 24.3 Å². The van der Waals surface area contributed by atoms with Crippen LogP contribution < -0.4 is 19.5 Å². The van der Waals surface area contributed by atoms with Gasteiger partial charge in [-0.2, -0.15) is 0 Å². The monoisotopic (exact) mass is 428 g/mol. The average molecular weight is 429 g/mol. The normalized spacial score (nSPS) is 23.4. The molecule has 0 spiro atoms. The van der Waals surface area contributed by atoms with Crippen LogP contribution in [-0.2, 0) is 16.7 Å². The molecule has 1 aliphatic rings. The highest BCUT2D eigenvalue weighted by Gasteiger charge is 2.44. The van der Waals surface area contributed by atoms with Crippen molar-refractivity contribution < 1.29 is 24.3 Å². The van der Waals surface area contributed by atoms with E-state index in [4.69, 9.17) is 18.9 Å². The molecular weight excluding hydrogens is 390 g/mol. The van der Waals surface area contributed by atoms with Crippen LogP contribution in [0, 0.1) is 0 Å². The summed E-state index contributed by atoms with van der Waals surface area (Å²) in [6.45, 7) is 7.21. The molecule has 0 aromatic heterocycles. The molecule has 0 aliphatic carbocycles. The molecule has 5 nitrogen and oxygen atoms in total. The fourth-order valence-electron chi connectivity index (χ4n) is 4.89. The van der Waals surface area contributed by atoms with Gasteiger partial charge in [0.2, 0.25) is 0 Å². The molecule has 0 radical (unpaired) electrons. The average Bonchev–Trinajstić information content (AvgIpc) is 2.81. The van der Waals surface area contributed by atoms with E-state index in [0.717, 1.165) is 62.6 Å². The number of nitrogens with two attached hydrogens (primary N) is 1. The van der Waals surface area contributed by atoms with Gasteiger partial charge in [-0.3, -0.25) is 0 Å². The van der Waals surface area contributed by atoms with Gasteiger partial charge in [0.15, 0.2) is 11.5 Å². The van der Waals surface area contributed by atoms with Crippen molar-refractivity contribution in [1.82, 2.24) is 0 Å². The van der Waals surface area contributed by atoms with Crippen LogP contribution in [0.2, 0.25) is 0 Å². The zero-order valence-electron chi connectivity index (χ0n) is 19.7. The minimum atomic E-state index is -0.0948. The number of quaternary nitrogens is 1. The molecule has 1 heterocycles. The smallest absolute Gasteiger partial charge is 0.161 e. The van der Waals surface area contributed by atoms with Crippen LogP contribution in [0.4, 0.5) is 0 Å². The van der Waals surface area contributed by atoms with Crippen LogP contribution in [-0.4, -0.2) is 40.1 Å². The topological polar surface area (TPSA) is 53.5 Å². The Bertz CT molecular complexity index is 855. The third kappa shape index (κ3) is 5.34. The summed E-state index contributed by atoms with van der Waals surface area (Å²) in [6, 6.07) is 14.7. The second-order valence-electron chi connectivity index (χ2n) is 8.78. The van der Waals surface area contributed by atoms with Gasteiger partial charge in [0.05, 0.1) is 33.5 Å². The van der Waals surface area contributed by atoms with Gasteiger partial charge in [-0.05, 0) is 50.5 Å². The molecular formula is C26H38NO4+. The van der Waals surface area contributed by atoms with Gasteiger partial charge >= 0.3 is 0 Å². The second-order valence-corrected chi connectivity index (χ2v) is 8.78. The van der Waals surface area contributed by atoms with Gasteiger partial charge in [-0.1, -0.05) is 25.1 Å². The quantitative estimate of drug-likeness (QED) is 0.580. The molecule has 0 amide bonds. The first-order valence-corrected chi connectivity index (χ1v) is 11.3. The molecule has 31 heavy (non-hydrogen) atoms. The Hall–Kier alpha value is -2.24. The molecule has 2 atom stereocenters. The highest BCUT2D eigenvalue weighted by atomic mass is 16.5. The number of para-hydroxylation sites is 1. The van der Waals surface area contributed by atoms with E-state index < -0.39 is 0 Å². The first kappa shape index (κ1) is 23.4. The van der Waals surface area contributed by atoms with Gasteiger partial charge in [0, 0.05) is 29.6 Å². The third-order valence-electron chi connectivity index (χ3n) is 6.82. The van der Waals surface area contributed by atoms with Crippen LogP contribution in [0.1, 0.15) is 50.7 Å². The number of rotatable bonds is 10. The molecule has 1 aliphatic heterocycles. The summed E-state index contributed by atoms with van der Waals surface area (Å²) in [5, 5.41) is 2.39. The summed E-state index contributed by atoms with van der Waals surface area (Å²) in [4.78, 5) is 0. The Balaban J connectivity index is 1.74. The Morgan fingerprint density at radius 3 is 2.42 bits per heavy atom. The molecule has 1 saturated heterocycles. The maximum absolute atomic E-state index is 6.21. The van der Waals surface area contributed by atoms with Crippen molar-refractivity contribution in [3.8, 4) is 17.2 Å². The van der Waals surface area contributed by atoms with Crippen LogP contribution in [0.3, 0.4) is 0 Å². The fourth-order valence-corrected chi connectivity index (χ4v) is 4.89. The van der Waals surface area contributed by atoms with E-state index in [0.29, 0.717) is 0 Å². The summed E-state index contributed by atoms with van der Waals surface area (Å²) < 4.78 is 22.8. The minimum absolute atomic E-state index is 0.0592. The van der Waals surface area contributed by atoms with Crippen LogP contribution in [0.25, 0.3) is 0 Å². The van der Waals surface area contributed by atoms with Crippen molar-refractivity contribution in [2.75, 3.05) is 34.5 Å². The number of hydrogen-bond donors (Lipinski definition) is 1. The predicted octanol–water partition coefficient (Wildman–Crippen LogP) is 4.08. The van der Waals surface area contributed by atoms with Crippen LogP contribution in [0.5, 0.6) is 17.2 Å². The predicted molar refractivity (Wildman–Crippen MR) is 123 cm³/mol. The highest BCUT2D eigenvalue weighted by molar-refractivity contribution is 5.43.